The summed E-state index contributed by atoms with van der Waals surface area (Å²) in [4.78, 5) is 28.1. The molecule has 2 amide bonds. The second-order valence-corrected chi connectivity index (χ2v) is 7.54. The zero-order chi connectivity index (χ0) is 19.9. The topological polar surface area (TPSA) is 80.3 Å². The summed E-state index contributed by atoms with van der Waals surface area (Å²) in [6.07, 6.45) is 3.01. The van der Waals surface area contributed by atoms with Crippen molar-refractivity contribution in [2.24, 2.45) is 0 Å². The maximum Gasteiger partial charge on any atom is 0.224 e. The third kappa shape index (κ3) is 5.29. The molecule has 0 radical (unpaired) electrons. The summed E-state index contributed by atoms with van der Waals surface area (Å²) in [5.74, 6) is 0.295. The summed E-state index contributed by atoms with van der Waals surface area (Å²) in [7, 11) is 1.53. The number of carbonyl (C=O) groups is 2. The molecule has 6 nitrogen and oxygen atoms in total. The minimum Gasteiger partial charge on any atom is -0.495 e. The number of rotatable bonds is 8. The van der Waals surface area contributed by atoms with E-state index in [1.807, 2.05) is 18.2 Å². The van der Waals surface area contributed by atoms with Crippen LogP contribution in [-0.4, -0.2) is 23.9 Å². The molecule has 0 aliphatic heterocycles. The third-order valence-electron chi connectivity index (χ3n) is 4.18. The SMILES string of the molecule is COc1ccc(NC(=O)CCCCc2nc3ccccc3s2)cc1NC(C)=O. The fourth-order valence-corrected chi connectivity index (χ4v) is 3.89. The number of anilines is 2. The van der Waals surface area contributed by atoms with Crippen LogP contribution in [0.15, 0.2) is 42.5 Å². The Hall–Kier alpha value is -2.93. The van der Waals surface area contributed by atoms with Gasteiger partial charge >= 0.3 is 0 Å². The first-order valence-corrected chi connectivity index (χ1v) is 9.97. The van der Waals surface area contributed by atoms with E-state index in [9.17, 15) is 9.59 Å². The van der Waals surface area contributed by atoms with Crippen LogP contribution in [-0.2, 0) is 16.0 Å². The van der Waals surface area contributed by atoms with E-state index >= 15 is 0 Å². The van der Waals surface area contributed by atoms with Gasteiger partial charge in [-0.2, -0.15) is 0 Å². The lowest BCUT2D eigenvalue weighted by atomic mass is 10.2. The summed E-state index contributed by atoms with van der Waals surface area (Å²) in [5.41, 5.74) is 2.19. The van der Waals surface area contributed by atoms with Crippen molar-refractivity contribution in [3.63, 3.8) is 0 Å². The Morgan fingerprint density at radius 3 is 2.68 bits per heavy atom. The predicted molar refractivity (Wildman–Crippen MR) is 113 cm³/mol. The highest BCUT2D eigenvalue weighted by molar-refractivity contribution is 7.18. The Kier molecular flexibility index (Phi) is 6.60. The van der Waals surface area contributed by atoms with E-state index in [-0.39, 0.29) is 11.8 Å². The number of benzene rings is 2. The number of unbranched alkanes of at least 4 members (excludes halogenated alkanes) is 1. The standard InChI is InChI=1S/C21H23N3O3S/c1-14(25)22-17-13-15(11-12-18(17)27-2)23-20(26)9-5-6-10-21-24-16-7-3-4-8-19(16)28-21/h3-4,7-8,11-13H,5-6,9-10H2,1-2H3,(H,22,25)(H,23,26). The number of thiazole rings is 1. The van der Waals surface area contributed by atoms with Gasteiger partial charge in [-0.25, -0.2) is 4.98 Å². The largest absolute Gasteiger partial charge is 0.495 e. The number of aryl methyl sites for hydroxylation is 1. The van der Waals surface area contributed by atoms with Crippen molar-refractivity contribution < 1.29 is 14.3 Å². The van der Waals surface area contributed by atoms with Crippen LogP contribution in [0.1, 0.15) is 31.2 Å². The Balaban J connectivity index is 1.48. The molecule has 0 saturated heterocycles. The number of hydrogen-bond donors (Lipinski definition) is 2. The summed E-state index contributed by atoms with van der Waals surface area (Å²) < 4.78 is 6.42. The molecule has 0 spiro atoms. The normalized spacial score (nSPS) is 10.6. The van der Waals surface area contributed by atoms with Crippen LogP contribution in [0.4, 0.5) is 11.4 Å². The van der Waals surface area contributed by atoms with Gasteiger partial charge in [0.1, 0.15) is 5.75 Å². The van der Waals surface area contributed by atoms with Crippen LogP contribution in [0.25, 0.3) is 10.2 Å². The van der Waals surface area contributed by atoms with Gasteiger partial charge in [-0.3, -0.25) is 9.59 Å². The molecule has 0 aliphatic rings. The van der Waals surface area contributed by atoms with Crippen LogP contribution < -0.4 is 15.4 Å². The number of ether oxygens (including phenoxy) is 1. The third-order valence-corrected chi connectivity index (χ3v) is 5.27. The van der Waals surface area contributed by atoms with Crippen LogP contribution >= 0.6 is 11.3 Å². The number of hydrogen-bond acceptors (Lipinski definition) is 5. The highest BCUT2D eigenvalue weighted by Gasteiger charge is 2.09. The quantitative estimate of drug-likeness (QED) is 0.544. The monoisotopic (exact) mass is 397 g/mol. The summed E-state index contributed by atoms with van der Waals surface area (Å²) in [6.45, 7) is 1.43. The average Bonchev–Trinajstić information content (AvgIpc) is 3.08. The zero-order valence-electron chi connectivity index (χ0n) is 16.0. The Morgan fingerprint density at radius 1 is 1.11 bits per heavy atom. The number of carbonyl (C=O) groups excluding carboxylic acids is 2. The summed E-state index contributed by atoms with van der Waals surface area (Å²) in [6, 6.07) is 13.3. The van der Waals surface area contributed by atoms with Gasteiger partial charge in [0.15, 0.2) is 0 Å². The maximum absolute atomic E-state index is 12.2. The molecule has 0 fully saturated rings. The molecule has 0 bridgehead atoms. The van der Waals surface area contributed by atoms with Gasteiger partial charge in [0.2, 0.25) is 11.8 Å². The molecule has 0 aliphatic carbocycles. The van der Waals surface area contributed by atoms with Crippen molar-refractivity contribution in [2.75, 3.05) is 17.7 Å². The second-order valence-electron chi connectivity index (χ2n) is 6.43. The molecular weight excluding hydrogens is 374 g/mol. The van der Waals surface area contributed by atoms with Gasteiger partial charge in [-0.1, -0.05) is 12.1 Å². The van der Waals surface area contributed by atoms with E-state index in [1.165, 1.54) is 18.7 Å². The van der Waals surface area contributed by atoms with E-state index < -0.39 is 0 Å². The van der Waals surface area contributed by atoms with Crippen LogP contribution in [0.5, 0.6) is 5.75 Å². The second kappa shape index (κ2) is 9.32. The van der Waals surface area contributed by atoms with Crippen molar-refractivity contribution in [1.29, 1.82) is 0 Å². The van der Waals surface area contributed by atoms with E-state index in [2.05, 4.69) is 21.7 Å². The number of amides is 2. The van der Waals surface area contributed by atoms with Crippen molar-refractivity contribution in [2.45, 2.75) is 32.6 Å². The molecule has 3 rings (SSSR count). The Labute approximate surface area is 167 Å². The van der Waals surface area contributed by atoms with E-state index in [0.29, 0.717) is 23.5 Å². The zero-order valence-corrected chi connectivity index (χ0v) is 16.8. The molecule has 2 N–H and O–H groups in total. The average molecular weight is 398 g/mol. The fraction of sp³-hybridized carbons (Fsp3) is 0.286. The predicted octanol–water partition coefficient (Wildman–Crippen LogP) is 4.61. The molecule has 146 valence electrons. The van der Waals surface area contributed by atoms with Crippen molar-refractivity contribution in [3.05, 3.63) is 47.5 Å². The number of para-hydroxylation sites is 1. The lowest BCUT2D eigenvalue weighted by Gasteiger charge is -2.12. The summed E-state index contributed by atoms with van der Waals surface area (Å²) >= 11 is 1.71. The van der Waals surface area contributed by atoms with Crippen molar-refractivity contribution in [3.8, 4) is 5.75 Å². The number of aromatic nitrogens is 1. The van der Waals surface area contributed by atoms with Gasteiger partial charge in [-0.15, -0.1) is 11.3 Å². The van der Waals surface area contributed by atoms with Gasteiger partial charge < -0.3 is 15.4 Å². The molecule has 0 unspecified atom stereocenters. The first-order valence-electron chi connectivity index (χ1n) is 9.15. The molecule has 28 heavy (non-hydrogen) atoms. The first kappa shape index (κ1) is 19.8. The van der Waals surface area contributed by atoms with Crippen LogP contribution in [0, 0.1) is 0 Å². The lowest BCUT2D eigenvalue weighted by Crippen LogP contribution is -2.12. The minimum absolute atomic E-state index is 0.0526. The van der Waals surface area contributed by atoms with E-state index in [1.54, 1.807) is 29.5 Å². The molecule has 0 atom stereocenters. The fourth-order valence-electron chi connectivity index (χ4n) is 2.89. The highest BCUT2D eigenvalue weighted by Crippen LogP contribution is 2.28. The number of nitrogens with one attached hydrogen (secondary N) is 2. The summed E-state index contributed by atoms with van der Waals surface area (Å²) in [5, 5.41) is 6.67. The minimum atomic E-state index is -0.198. The molecule has 7 heteroatoms. The first-order chi connectivity index (χ1) is 13.5. The molecule has 1 aromatic heterocycles. The maximum atomic E-state index is 12.2. The van der Waals surface area contributed by atoms with Gasteiger partial charge in [0.25, 0.3) is 0 Å². The lowest BCUT2D eigenvalue weighted by molar-refractivity contribution is -0.116. The molecule has 2 aromatic carbocycles. The number of fused-ring (bicyclic) bond motifs is 1. The van der Waals surface area contributed by atoms with Crippen LogP contribution in [0.3, 0.4) is 0 Å². The molecular formula is C21H23N3O3S. The molecule has 1 heterocycles. The van der Waals surface area contributed by atoms with Gasteiger partial charge in [0, 0.05) is 19.0 Å². The van der Waals surface area contributed by atoms with Crippen molar-refractivity contribution >= 4 is 44.7 Å². The highest BCUT2D eigenvalue weighted by atomic mass is 32.1. The molecule has 0 saturated carbocycles. The molecule has 3 aromatic rings. The number of methoxy groups -OCH3 is 1. The van der Waals surface area contributed by atoms with E-state index in [0.717, 1.165) is 29.8 Å². The van der Waals surface area contributed by atoms with E-state index in [4.69, 9.17) is 4.74 Å². The van der Waals surface area contributed by atoms with Gasteiger partial charge in [0.05, 0.1) is 28.0 Å². The van der Waals surface area contributed by atoms with Crippen molar-refractivity contribution in [1.82, 2.24) is 4.98 Å². The van der Waals surface area contributed by atoms with Crippen LogP contribution in [0.2, 0.25) is 0 Å². The number of nitrogens with zero attached hydrogens (tertiary/aromatic N) is 1. The smallest absolute Gasteiger partial charge is 0.224 e. The Morgan fingerprint density at radius 2 is 1.93 bits per heavy atom. The Bertz CT molecular complexity index is 951. The van der Waals surface area contributed by atoms with Gasteiger partial charge in [-0.05, 0) is 49.6 Å².